The van der Waals surface area contributed by atoms with E-state index in [0.717, 1.165) is 16.7 Å². The molecule has 0 saturated heterocycles. The normalized spacial score (nSPS) is 12.3. The SMILES string of the molecule is Cc1c(S(=O)(=O)NC(=O)C(C)NC(=O)c2ccc(-n3ccncc3=O)cc2)sc2cc(Cl)ccc12. The Balaban J connectivity index is 1.45. The Hall–Kier alpha value is -3.54. The summed E-state index contributed by atoms with van der Waals surface area (Å²) in [5, 5.41) is 3.68. The van der Waals surface area contributed by atoms with Crippen molar-refractivity contribution in [3.05, 3.63) is 87.6 Å². The number of benzene rings is 2. The van der Waals surface area contributed by atoms with Crippen LogP contribution in [-0.2, 0) is 14.8 Å². The van der Waals surface area contributed by atoms with Crippen molar-refractivity contribution in [2.24, 2.45) is 0 Å². The smallest absolute Gasteiger partial charge is 0.273 e. The first-order valence-corrected chi connectivity index (χ1v) is 12.9. The van der Waals surface area contributed by atoms with Crippen molar-refractivity contribution in [3.63, 3.8) is 0 Å². The molecule has 0 aliphatic carbocycles. The van der Waals surface area contributed by atoms with Crippen LogP contribution in [0.25, 0.3) is 15.8 Å². The Morgan fingerprint density at radius 3 is 2.54 bits per heavy atom. The predicted octanol–water partition coefficient (Wildman–Crippen LogP) is 3.03. The third kappa shape index (κ3) is 5.11. The topological polar surface area (TPSA) is 127 Å². The van der Waals surface area contributed by atoms with E-state index in [4.69, 9.17) is 11.6 Å². The minimum absolute atomic E-state index is 0.00332. The molecule has 0 saturated carbocycles. The van der Waals surface area contributed by atoms with Crippen molar-refractivity contribution in [1.29, 1.82) is 0 Å². The minimum atomic E-state index is -4.16. The van der Waals surface area contributed by atoms with E-state index in [9.17, 15) is 22.8 Å². The van der Waals surface area contributed by atoms with E-state index in [1.807, 2.05) is 4.72 Å². The maximum Gasteiger partial charge on any atom is 0.273 e. The number of rotatable bonds is 6. The molecule has 2 heterocycles. The van der Waals surface area contributed by atoms with Crippen molar-refractivity contribution in [2.75, 3.05) is 0 Å². The number of carbonyl (C=O) groups excluding carboxylic acids is 2. The molecule has 1 unspecified atom stereocenters. The molecule has 2 aromatic heterocycles. The van der Waals surface area contributed by atoms with Crippen LogP contribution in [0, 0.1) is 6.92 Å². The first-order chi connectivity index (χ1) is 16.6. The number of hydrogen-bond acceptors (Lipinski definition) is 7. The monoisotopic (exact) mass is 530 g/mol. The highest BCUT2D eigenvalue weighted by Crippen LogP contribution is 2.35. The number of halogens is 1. The van der Waals surface area contributed by atoms with Crippen LogP contribution in [0.5, 0.6) is 0 Å². The number of aryl methyl sites for hydroxylation is 1. The van der Waals surface area contributed by atoms with E-state index in [2.05, 4.69) is 10.3 Å². The van der Waals surface area contributed by atoms with E-state index in [1.54, 1.807) is 37.3 Å². The second-order valence-corrected chi connectivity index (χ2v) is 11.0. The molecule has 1 atom stereocenters. The number of hydrogen-bond donors (Lipinski definition) is 2. The van der Waals surface area contributed by atoms with Gasteiger partial charge < -0.3 is 5.32 Å². The molecular formula is C23H19ClN4O5S2. The summed E-state index contributed by atoms with van der Waals surface area (Å²) in [4.78, 5) is 40.8. The van der Waals surface area contributed by atoms with E-state index < -0.39 is 27.9 Å². The number of nitrogens with one attached hydrogen (secondary N) is 2. The highest BCUT2D eigenvalue weighted by molar-refractivity contribution is 7.92. The molecule has 4 rings (SSSR count). The number of aromatic nitrogens is 2. The zero-order chi connectivity index (χ0) is 25.3. The van der Waals surface area contributed by atoms with Gasteiger partial charge in [-0.15, -0.1) is 11.3 Å². The Morgan fingerprint density at radius 1 is 1.14 bits per heavy atom. The predicted molar refractivity (Wildman–Crippen MR) is 134 cm³/mol. The molecule has 4 aromatic rings. The maximum atomic E-state index is 12.9. The van der Waals surface area contributed by atoms with Crippen molar-refractivity contribution < 1.29 is 18.0 Å². The Kier molecular flexibility index (Phi) is 6.75. The molecule has 0 radical (unpaired) electrons. The summed E-state index contributed by atoms with van der Waals surface area (Å²) < 4.78 is 29.8. The summed E-state index contributed by atoms with van der Waals surface area (Å²) in [6.07, 6.45) is 4.13. The van der Waals surface area contributed by atoms with Gasteiger partial charge in [-0.2, -0.15) is 0 Å². The van der Waals surface area contributed by atoms with Crippen LogP contribution in [-0.4, -0.2) is 35.8 Å². The fraction of sp³-hybridized carbons (Fsp3) is 0.130. The summed E-state index contributed by atoms with van der Waals surface area (Å²) in [7, 11) is -4.16. The number of amides is 2. The van der Waals surface area contributed by atoms with E-state index in [1.165, 1.54) is 42.2 Å². The van der Waals surface area contributed by atoms with Gasteiger partial charge in [-0.3, -0.25) is 23.9 Å². The Bertz CT molecular complexity index is 1610. The quantitative estimate of drug-likeness (QED) is 0.394. The van der Waals surface area contributed by atoms with Gasteiger partial charge in [0.15, 0.2) is 0 Å². The molecular weight excluding hydrogens is 512 g/mol. The second-order valence-electron chi connectivity index (χ2n) is 7.65. The molecule has 0 aliphatic heterocycles. The summed E-state index contributed by atoms with van der Waals surface area (Å²) in [5.41, 5.74) is 0.946. The zero-order valence-electron chi connectivity index (χ0n) is 18.5. The Labute approximate surface area is 209 Å². The van der Waals surface area contributed by atoms with E-state index in [0.29, 0.717) is 21.0 Å². The third-order valence-electron chi connectivity index (χ3n) is 5.21. The lowest BCUT2D eigenvalue weighted by atomic mass is 10.1. The maximum absolute atomic E-state index is 12.9. The highest BCUT2D eigenvalue weighted by atomic mass is 35.5. The molecule has 2 aromatic carbocycles. The minimum Gasteiger partial charge on any atom is -0.340 e. The summed E-state index contributed by atoms with van der Waals surface area (Å²) in [6.45, 7) is 3.03. The standard InChI is InChI=1S/C23H19ClN4O5S2/c1-13-18-8-5-16(24)11-19(18)34-23(13)35(32,33)27-21(30)14(2)26-22(31)15-3-6-17(7-4-15)28-10-9-25-12-20(28)29/h3-12,14H,1-2H3,(H,26,31)(H,27,30). The van der Waals surface area contributed by atoms with Crippen LogP contribution in [0.4, 0.5) is 0 Å². The van der Waals surface area contributed by atoms with Crippen LogP contribution in [0.2, 0.25) is 5.02 Å². The molecule has 0 aliphatic rings. The van der Waals surface area contributed by atoms with Crippen molar-refractivity contribution in [3.8, 4) is 5.69 Å². The van der Waals surface area contributed by atoms with E-state index in [-0.39, 0.29) is 15.3 Å². The molecule has 35 heavy (non-hydrogen) atoms. The van der Waals surface area contributed by atoms with Gasteiger partial charge in [0, 0.05) is 33.4 Å². The lowest BCUT2D eigenvalue weighted by Crippen LogP contribution is -2.46. The molecule has 9 nitrogen and oxygen atoms in total. The number of sulfonamides is 1. The molecule has 2 amide bonds. The fourth-order valence-corrected chi connectivity index (χ4v) is 6.48. The van der Waals surface area contributed by atoms with Gasteiger partial charge in [0.25, 0.3) is 27.4 Å². The van der Waals surface area contributed by atoms with Gasteiger partial charge in [0.05, 0.1) is 6.20 Å². The summed E-state index contributed by atoms with van der Waals surface area (Å²) >= 11 is 7.00. The average molecular weight is 531 g/mol. The summed E-state index contributed by atoms with van der Waals surface area (Å²) in [6, 6.07) is 10.0. The summed E-state index contributed by atoms with van der Waals surface area (Å²) in [5.74, 6) is -1.46. The average Bonchev–Trinajstić information content (AvgIpc) is 3.15. The van der Waals surface area contributed by atoms with E-state index >= 15 is 0 Å². The van der Waals surface area contributed by atoms with Gasteiger partial charge in [-0.25, -0.2) is 13.1 Å². The lowest BCUT2D eigenvalue weighted by molar-refractivity contribution is -0.120. The Morgan fingerprint density at radius 2 is 1.86 bits per heavy atom. The molecule has 0 spiro atoms. The van der Waals surface area contributed by atoms with Crippen LogP contribution in [0.15, 0.2) is 70.1 Å². The van der Waals surface area contributed by atoms with Gasteiger partial charge in [-0.05, 0) is 61.2 Å². The van der Waals surface area contributed by atoms with Crippen molar-refractivity contribution in [1.82, 2.24) is 19.6 Å². The van der Waals surface area contributed by atoms with Crippen molar-refractivity contribution >= 4 is 54.9 Å². The van der Waals surface area contributed by atoms with Gasteiger partial charge in [0.2, 0.25) is 0 Å². The molecule has 0 fully saturated rings. The third-order valence-corrected chi connectivity index (χ3v) is 8.67. The number of carbonyl (C=O) groups is 2. The lowest BCUT2D eigenvalue weighted by Gasteiger charge is -2.14. The fourth-order valence-electron chi connectivity index (χ4n) is 3.38. The number of fused-ring (bicyclic) bond motifs is 1. The van der Waals surface area contributed by atoms with Crippen LogP contribution < -0.4 is 15.6 Å². The van der Waals surface area contributed by atoms with Gasteiger partial charge >= 0.3 is 0 Å². The first-order valence-electron chi connectivity index (χ1n) is 10.3. The van der Waals surface area contributed by atoms with Crippen LogP contribution >= 0.6 is 22.9 Å². The molecule has 0 bridgehead atoms. The van der Waals surface area contributed by atoms with Crippen LogP contribution in [0.3, 0.4) is 0 Å². The number of nitrogens with zero attached hydrogens (tertiary/aromatic N) is 2. The van der Waals surface area contributed by atoms with Gasteiger partial charge in [0.1, 0.15) is 10.3 Å². The zero-order valence-corrected chi connectivity index (χ0v) is 20.9. The highest BCUT2D eigenvalue weighted by Gasteiger charge is 2.27. The molecule has 2 N–H and O–H groups in total. The van der Waals surface area contributed by atoms with Gasteiger partial charge in [-0.1, -0.05) is 17.7 Å². The first kappa shape index (κ1) is 24.6. The van der Waals surface area contributed by atoms with Crippen molar-refractivity contribution in [2.45, 2.75) is 24.1 Å². The molecule has 180 valence electrons. The largest absolute Gasteiger partial charge is 0.340 e. The van der Waals surface area contributed by atoms with Crippen LogP contribution in [0.1, 0.15) is 22.8 Å². The molecule has 12 heteroatoms. The second kappa shape index (κ2) is 9.61. The number of thiophene rings is 1.